The predicted octanol–water partition coefficient (Wildman–Crippen LogP) is 1.84. The molecule has 0 spiro atoms. The molecule has 2 aliphatic carbocycles. The fourth-order valence-electron chi connectivity index (χ4n) is 4.03. The van der Waals surface area contributed by atoms with E-state index in [1.54, 1.807) is 23.1 Å². The van der Waals surface area contributed by atoms with Gasteiger partial charge in [-0.15, -0.1) is 0 Å². The van der Waals surface area contributed by atoms with Gasteiger partial charge in [0.2, 0.25) is 0 Å². The van der Waals surface area contributed by atoms with Crippen molar-refractivity contribution in [3.05, 3.63) is 45.8 Å². The van der Waals surface area contributed by atoms with Gasteiger partial charge < -0.3 is 10.1 Å². The fraction of sp³-hybridized carbons (Fsp3) is 0.579. The summed E-state index contributed by atoms with van der Waals surface area (Å²) in [6.07, 6.45) is 10.0. The first-order valence-electron chi connectivity index (χ1n) is 9.56. The van der Waals surface area contributed by atoms with E-state index >= 15 is 0 Å². The normalized spacial score (nSPS) is 25.1. The van der Waals surface area contributed by atoms with Crippen LogP contribution >= 0.6 is 0 Å². The van der Waals surface area contributed by atoms with Crippen molar-refractivity contribution in [3.63, 3.8) is 0 Å². The third kappa shape index (κ3) is 2.90. The minimum atomic E-state index is -0.121. The second-order valence-electron chi connectivity index (χ2n) is 7.53. The Hall–Kier alpha value is -2.28. The summed E-state index contributed by atoms with van der Waals surface area (Å²) in [5.41, 5.74) is 3.18. The third-order valence-electron chi connectivity index (χ3n) is 5.61. The van der Waals surface area contributed by atoms with Crippen LogP contribution in [-0.2, 0) is 17.6 Å². The smallest absolute Gasteiger partial charge is 0.267 e. The highest BCUT2D eigenvalue weighted by atomic mass is 16.5. The van der Waals surface area contributed by atoms with Crippen LogP contribution in [0.3, 0.4) is 0 Å². The van der Waals surface area contributed by atoms with Crippen molar-refractivity contribution < 1.29 is 4.74 Å². The van der Waals surface area contributed by atoms with Crippen LogP contribution < -0.4 is 10.9 Å². The van der Waals surface area contributed by atoms with Crippen LogP contribution in [0.25, 0.3) is 0 Å². The van der Waals surface area contributed by atoms with Gasteiger partial charge in [-0.2, -0.15) is 5.10 Å². The zero-order valence-corrected chi connectivity index (χ0v) is 14.7. The summed E-state index contributed by atoms with van der Waals surface area (Å²) in [5.74, 6) is 1.33. The molecular weight excluding hydrogens is 330 g/mol. The van der Waals surface area contributed by atoms with Crippen LogP contribution in [-0.4, -0.2) is 39.0 Å². The number of aromatic nitrogens is 4. The topological polar surface area (TPSA) is 81.9 Å². The molecule has 1 aliphatic heterocycles. The van der Waals surface area contributed by atoms with E-state index in [4.69, 9.17) is 9.84 Å². The van der Waals surface area contributed by atoms with Gasteiger partial charge in [-0.25, -0.2) is 9.67 Å². The minimum Gasteiger partial charge on any atom is -0.377 e. The molecule has 1 saturated carbocycles. The number of nitrogens with one attached hydrogen (secondary N) is 1. The van der Waals surface area contributed by atoms with Crippen molar-refractivity contribution in [2.45, 2.75) is 56.5 Å². The molecule has 2 fully saturated rings. The van der Waals surface area contributed by atoms with E-state index < -0.39 is 0 Å². The first-order valence-corrected chi connectivity index (χ1v) is 9.56. The summed E-state index contributed by atoms with van der Waals surface area (Å²) < 4.78 is 7.33. The Balaban J connectivity index is 1.44. The maximum Gasteiger partial charge on any atom is 0.267 e. The van der Waals surface area contributed by atoms with Gasteiger partial charge in [-0.3, -0.25) is 9.78 Å². The van der Waals surface area contributed by atoms with Gasteiger partial charge >= 0.3 is 0 Å². The van der Waals surface area contributed by atoms with E-state index in [0.717, 1.165) is 48.5 Å². The summed E-state index contributed by atoms with van der Waals surface area (Å²) in [6.45, 7) is 1.03. The molecule has 2 aromatic rings. The van der Waals surface area contributed by atoms with E-state index in [1.807, 2.05) is 0 Å². The molecule has 136 valence electrons. The van der Waals surface area contributed by atoms with E-state index in [1.165, 1.54) is 12.8 Å². The molecule has 1 N–H and O–H groups in total. The molecule has 2 aromatic heterocycles. The Labute approximate surface area is 151 Å². The molecule has 0 amide bonds. The standard InChI is InChI=1S/C19H23N5O2/c25-17-9-13-3-1-2-4-14(13)23-24(17)16-11-26-10-15(16)22-19-18(12-5-6-12)20-7-8-21-19/h7-9,12,15-16H,1-6,10-11H2,(H,21,22). The van der Waals surface area contributed by atoms with E-state index in [9.17, 15) is 4.79 Å². The van der Waals surface area contributed by atoms with Gasteiger partial charge in [0.15, 0.2) is 0 Å². The molecule has 7 nitrogen and oxygen atoms in total. The van der Waals surface area contributed by atoms with Crippen LogP contribution in [0.5, 0.6) is 0 Å². The Kier molecular flexibility index (Phi) is 3.96. The number of anilines is 1. The molecule has 1 saturated heterocycles. The zero-order chi connectivity index (χ0) is 17.5. The lowest BCUT2D eigenvalue weighted by atomic mass is 9.97. The number of fused-ring (bicyclic) bond motifs is 1. The van der Waals surface area contributed by atoms with Gasteiger partial charge in [-0.1, -0.05) is 0 Å². The Morgan fingerprint density at radius 3 is 2.85 bits per heavy atom. The lowest BCUT2D eigenvalue weighted by molar-refractivity contribution is 0.182. The number of nitrogens with zero attached hydrogens (tertiary/aromatic N) is 4. The number of aryl methyl sites for hydroxylation is 2. The monoisotopic (exact) mass is 353 g/mol. The van der Waals surface area contributed by atoms with Crippen LogP contribution in [0.2, 0.25) is 0 Å². The van der Waals surface area contributed by atoms with Crippen molar-refractivity contribution >= 4 is 5.82 Å². The van der Waals surface area contributed by atoms with Gasteiger partial charge in [-0.05, 0) is 44.1 Å². The number of hydrogen-bond donors (Lipinski definition) is 1. The second-order valence-corrected chi connectivity index (χ2v) is 7.53. The Morgan fingerprint density at radius 1 is 1.12 bits per heavy atom. The first-order chi connectivity index (χ1) is 12.8. The van der Waals surface area contributed by atoms with Crippen molar-refractivity contribution in [1.29, 1.82) is 0 Å². The maximum atomic E-state index is 12.7. The average molecular weight is 353 g/mol. The van der Waals surface area contributed by atoms with Gasteiger partial charge in [0.1, 0.15) is 11.9 Å². The summed E-state index contributed by atoms with van der Waals surface area (Å²) in [4.78, 5) is 21.6. The van der Waals surface area contributed by atoms with Crippen LogP contribution in [0, 0.1) is 0 Å². The van der Waals surface area contributed by atoms with E-state index in [0.29, 0.717) is 19.1 Å². The highest BCUT2D eigenvalue weighted by molar-refractivity contribution is 5.44. The van der Waals surface area contributed by atoms with Gasteiger partial charge in [0.05, 0.1) is 30.6 Å². The highest BCUT2D eigenvalue weighted by Gasteiger charge is 2.35. The number of ether oxygens (including phenoxy) is 1. The molecule has 7 heteroatoms. The summed E-state index contributed by atoms with van der Waals surface area (Å²) in [6, 6.07) is 1.62. The quantitative estimate of drug-likeness (QED) is 0.903. The molecule has 0 aromatic carbocycles. The molecule has 3 heterocycles. The van der Waals surface area contributed by atoms with Crippen molar-refractivity contribution in [1.82, 2.24) is 19.7 Å². The van der Waals surface area contributed by atoms with Crippen LogP contribution in [0.1, 0.15) is 54.6 Å². The van der Waals surface area contributed by atoms with E-state index in [2.05, 4.69) is 15.3 Å². The molecular formula is C19H23N5O2. The van der Waals surface area contributed by atoms with Crippen molar-refractivity contribution in [3.8, 4) is 0 Å². The molecule has 26 heavy (non-hydrogen) atoms. The molecule has 2 atom stereocenters. The predicted molar refractivity (Wildman–Crippen MR) is 96.4 cm³/mol. The van der Waals surface area contributed by atoms with Crippen molar-refractivity contribution in [2.75, 3.05) is 18.5 Å². The molecule has 0 bridgehead atoms. The average Bonchev–Trinajstić information content (AvgIpc) is 3.41. The van der Waals surface area contributed by atoms with Crippen LogP contribution in [0.15, 0.2) is 23.3 Å². The zero-order valence-electron chi connectivity index (χ0n) is 14.7. The SMILES string of the molecule is O=c1cc2c(nn1C1COCC1Nc1nccnc1C1CC1)CCCC2. The maximum absolute atomic E-state index is 12.7. The van der Waals surface area contributed by atoms with Gasteiger partial charge in [0, 0.05) is 24.4 Å². The minimum absolute atomic E-state index is 0.0314. The molecule has 3 aliphatic rings. The Bertz CT molecular complexity index is 876. The number of rotatable bonds is 4. The second kappa shape index (κ2) is 6.46. The molecule has 5 rings (SSSR count). The highest BCUT2D eigenvalue weighted by Crippen LogP contribution is 2.41. The molecule has 2 unspecified atom stereocenters. The van der Waals surface area contributed by atoms with E-state index in [-0.39, 0.29) is 17.6 Å². The summed E-state index contributed by atoms with van der Waals surface area (Å²) >= 11 is 0. The number of hydrogen-bond acceptors (Lipinski definition) is 6. The summed E-state index contributed by atoms with van der Waals surface area (Å²) in [5, 5.41) is 8.19. The lowest BCUT2D eigenvalue weighted by Gasteiger charge is -2.23. The largest absolute Gasteiger partial charge is 0.377 e. The van der Waals surface area contributed by atoms with Crippen molar-refractivity contribution in [2.24, 2.45) is 0 Å². The fourth-order valence-corrected chi connectivity index (χ4v) is 4.03. The van der Waals surface area contributed by atoms with Gasteiger partial charge in [0.25, 0.3) is 5.56 Å². The molecule has 0 radical (unpaired) electrons. The van der Waals surface area contributed by atoms with Crippen LogP contribution in [0.4, 0.5) is 5.82 Å². The lowest BCUT2D eigenvalue weighted by Crippen LogP contribution is -2.38. The third-order valence-corrected chi connectivity index (χ3v) is 5.61. The Morgan fingerprint density at radius 2 is 1.96 bits per heavy atom. The first kappa shape index (κ1) is 15.9. The summed E-state index contributed by atoms with van der Waals surface area (Å²) in [7, 11) is 0.